The molecule has 0 aromatic carbocycles. The SMILES string of the molecule is CC(C)CCN(C1CC1)S(=O)(=O)c1cc([N+](=O)[O-])c(Cl)s1. The third-order valence-corrected chi connectivity index (χ3v) is 7.03. The molecule has 21 heavy (non-hydrogen) atoms. The van der Waals surface area contributed by atoms with Gasteiger partial charge in [0.05, 0.1) is 4.92 Å². The predicted molar refractivity (Wildman–Crippen MR) is 82.4 cm³/mol. The Morgan fingerprint density at radius 3 is 2.57 bits per heavy atom. The third-order valence-electron chi connectivity index (χ3n) is 3.29. The Hall–Kier alpha value is -0.700. The summed E-state index contributed by atoms with van der Waals surface area (Å²) in [6.45, 7) is 4.50. The molecule has 1 heterocycles. The molecule has 1 aromatic heterocycles. The van der Waals surface area contributed by atoms with Gasteiger partial charge in [-0.25, -0.2) is 8.42 Å². The molecular weight excluding hydrogens is 336 g/mol. The van der Waals surface area contributed by atoms with Gasteiger partial charge in [0, 0.05) is 18.7 Å². The molecule has 0 N–H and O–H groups in total. The fourth-order valence-corrected chi connectivity index (χ4v) is 5.45. The molecule has 1 fully saturated rings. The Morgan fingerprint density at radius 1 is 1.52 bits per heavy atom. The van der Waals surface area contributed by atoms with Crippen LogP contribution in [0.5, 0.6) is 0 Å². The van der Waals surface area contributed by atoms with Crippen molar-refractivity contribution in [3.63, 3.8) is 0 Å². The van der Waals surface area contributed by atoms with E-state index in [0.29, 0.717) is 12.5 Å². The zero-order valence-electron chi connectivity index (χ0n) is 11.8. The van der Waals surface area contributed by atoms with Crippen LogP contribution in [0.1, 0.15) is 33.1 Å². The van der Waals surface area contributed by atoms with E-state index in [4.69, 9.17) is 11.6 Å². The zero-order valence-corrected chi connectivity index (χ0v) is 14.2. The molecule has 118 valence electrons. The van der Waals surface area contributed by atoms with E-state index in [-0.39, 0.29) is 20.3 Å². The van der Waals surface area contributed by atoms with Crippen LogP contribution in [0.25, 0.3) is 0 Å². The van der Waals surface area contributed by atoms with E-state index >= 15 is 0 Å². The first-order valence-electron chi connectivity index (χ1n) is 6.69. The molecule has 0 atom stereocenters. The molecule has 1 saturated carbocycles. The van der Waals surface area contributed by atoms with Crippen molar-refractivity contribution in [3.05, 3.63) is 20.5 Å². The second-order valence-electron chi connectivity index (χ2n) is 5.51. The predicted octanol–water partition coefficient (Wildman–Crippen LogP) is 3.51. The summed E-state index contributed by atoms with van der Waals surface area (Å²) >= 11 is 6.52. The highest BCUT2D eigenvalue weighted by Crippen LogP contribution is 2.40. The topological polar surface area (TPSA) is 80.5 Å². The molecule has 0 aliphatic heterocycles. The molecule has 0 unspecified atom stereocenters. The first kappa shape index (κ1) is 16.7. The van der Waals surface area contributed by atoms with Crippen molar-refractivity contribution in [3.8, 4) is 0 Å². The van der Waals surface area contributed by atoms with Gasteiger partial charge in [-0.15, -0.1) is 11.3 Å². The fraction of sp³-hybridized carbons (Fsp3) is 0.667. The lowest BCUT2D eigenvalue weighted by Crippen LogP contribution is -2.34. The Labute approximate surface area is 132 Å². The number of sulfonamides is 1. The van der Waals surface area contributed by atoms with E-state index in [1.165, 1.54) is 4.31 Å². The van der Waals surface area contributed by atoms with E-state index in [2.05, 4.69) is 0 Å². The van der Waals surface area contributed by atoms with Gasteiger partial charge >= 0.3 is 0 Å². The molecule has 0 radical (unpaired) electrons. The van der Waals surface area contributed by atoms with E-state index in [1.54, 1.807) is 0 Å². The lowest BCUT2D eigenvalue weighted by atomic mass is 10.1. The number of thiophene rings is 1. The largest absolute Gasteiger partial charge is 0.300 e. The van der Waals surface area contributed by atoms with Crippen LogP contribution in [0.4, 0.5) is 5.69 Å². The van der Waals surface area contributed by atoms with Crippen molar-refractivity contribution in [2.75, 3.05) is 6.54 Å². The minimum atomic E-state index is -3.71. The summed E-state index contributed by atoms with van der Waals surface area (Å²) < 4.78 is 26.7. The molecular formula is C12H17ClN2O4S2. The lowest BCUT2D eigenvalue weighted by Gasteiger charge is -2.21. The second-order valence-corrected chi connectivity index (χ2v) is 9.28. The summed E-state index contributed by atoms with van der Waals surface area (Å²) in [5, 5.41) is 10.8. The standard InChI is InChI=1S/C12H17ClN2O4S2/c1-8(2)5-6-14(9-3-4-9)21(18,19)11-7-10(15(16)17)12(13)20-11/h7-9H,3-6H2,1-2H3. The summed E-state index contributed by atoms with van der Waals surface area (Å²) in [5.41, 5.74) is -0.347. The number of nitrogens with zero attached hydrogens (tertiary/aromatic N) is 2. The van der Waals surface area contributed by atoms with E-state index in [0.717, 1.165) is 36.7 Å². The van der Waals surface area contributed by atoms with Gasteiger partial charge in [-0.2, -0.15) is 4.31 Å². The van der Waals surface area contributed by atoms with Gasteiger partial charge in [0.25, 0.3) is 15.7 Å². The van der Waals surface area contributed by atoms with E-state index in [9.17, 15) is 18.5 Å². The van der Waals surface area contributed by atoms with Crippen LogP contribution in [0.3, 0.4) is 0 Å². The minimum absolute atomic E-state index is 0.0219. The van der Waals surface area contributed by atoms with Gasteiger partial charge in [-0.1, -0.05) is 25.4 Å². The van der Waals surface area contributed by atoms with Gasteiger partial charge in [0.15, 0.2) is 4.34 Å². The highest BCUT2D eigenvalue weighted by molar-refractivity contribution is 7.91. The van der Waals surface area contributed by atoms with Crippen molar-refractivity contribution in [1.82, 2.24) is 4.31 Å². The Balaban J connectivity index is 2.30. The molecule has 1 aliphatic rings. The van der Waals surface area contributed by atoms with Gasteiger partial charge in [-0.05, 0) is 25.2 Å². The van der Waals surface area contributed by atoms with Gasteiger partial charge < -0.3 is 0 Å². The summed E-state index contributed by atoms with van der Waals surface area (Å²) in [6, 6.07) is 1.08. The molecule has 0 amide bonds. The van der Waals surface area contributed by atoms with Crippen LogP contribution < -0.4 is 0 Å². The zero-order chi connectivity index (χ0) is 15.8. The number of hydrogen-bond donors (Lipinski definition) is 0. The summed E-state index contributed by atoms with van der Waals surface area (Å²) in [6.07, 6.45) is 2.45. The summed E-state index contributed by atoms with van der Waals surface area (Å²) in [5.74, 6) is 0.391. The van der Waals surface area contributed by atoms with Crippen molar-refractivity contribution in [2.24, 2.45) is 5.92 Å². The molecule has 2 rings (SSSR count). The fourth-order valence-electron chi connectivity index (χ4n) is 1.95. The van der Waals surface area contributed by atoms with E-state index in [1.807, 2.05) is 13.8 Å². The Bertz CT molecular complexity index is 638. The summed E-state index contributed by atoms with van der Waals surface area (Å²) in [7, 11) is -3.71. The molecule has 1 aromatic rings. The van der Waals surface area contributed by atoms with E-state index < -0.39 is 14.9 Å². The normalized spacial score (nSPS) is 15.9. The lowest BCUT2D eigenvalue weighted by molar-refractivity contribution is -0.384. The van der Waals surface area contributed by atoms with Gasteiger partial charge in [0.1, 0.15) is 4.21 Å². The third kappa shape index (κ3) is 3.74. The average molecular weight is 353 g/mol. The van der Waals surface area contributed by atoms with Crippen molar-refractivity contribution in [2.45, 2.75) is 43.4 Å². The first-order valence-corrected chi connectivity index (χ1v) is 9.32. The Morgan fingerprint density at radius 2 is 2.14 bits per heavy atom. The van der Waals surface area contributed by atoms with Crippen LogP contribution in [0, 0.1) is 16.0 Å². The second kappa shape index (κ2) is 6.20. The average Bonchev–Trinajstić information content (AvgIpc) is 3.10. The molecule has 1 aliphatic carbocycles. The monoisotopic (exact) mass is 352 g/mol. The number of hydrogen-bond acceptors (Lipinski definition) is 5. The maximum absolute atomic E-state index is 12.7. The first-order chi connectivity index (χ1) is 9.73. The smallest absolute Gasteiger partial charge is 0.258 e. The van der Waals surface area contributed by atoms with Gasteiger partial charge in [-0.3, -0.25) is 10.1 Å². The van der Waals surface area contributed by atoms with Crippen LogP contribution in [-0.4, -0.2) is 30.2 Å². The molecule has 6 nitrogen and oxygen atoms in total. The molecule has 0 spiro atoms. The molecule has 9 heteroatoms. The van der Waals surface area contributed by atoms with Gasteiger partial charge in [0.2, 0.25) is 0 Å². The highest BCUT2D eigenvalue weighted by atomic mass is 35.5. The van der Waals surface area contributed by atoms with Crippen molar-refractivity contribution < 1.29 is 13.3 Å². The van der Waals surface area contributed by atoms with Crippen molar-refractivity contribution in [1.29, 1.82) is 0 Å². The molecule has 0 bridgehead atoms. The van der Waals surface area contributed by atoms with Crippen LogP contribution in [0.15, 0.2) is 10.3 Å². The highest BCUT2D eigenvalue weighted by Gasteiger charge is 2.39. The molecule has 0 saturated heterocycles. The quantitative estimate of drug-likeness (QED) is 0.555. The number of rotatable bonds is 7. The minimum Gasteiger partial charge on any atom is -0.258 e. The Kier molecular flexibility index (Phi) is 4.92. The van der Waals surface area contributed by atoms with Crippen LogP contribution >= 0.6 is 22.9 Å². The van der Waals surface area contributed by atoms with Crippen LogP contribution in [-0.2, 0) is 10.0 Å². The van der Waals surface area contributed by atoms with Crippen LogP contribution in [0.2, 0.25) is 4.34 Å². The van der Waals surface area contributed by atoms with Crippen molar-refractivity contribution >= 4 is 38.6 Å². The number of halogens is 1. The maximum Gasteiger partial charge on any atom is 0.300 e. The maximum atomic E-state index is 12.7. The summed E-state index contributed by atoms with van der Waals surface area (Å²) in [4.78, 5) is 10.2. The number of nitro groups is 1.